The van der Waals surface area contributed by atoms with Crippen molar-refractivity contribution in [3.05, 3.63) is 53.9 Å². The van der Waals surface area contributed by atoms with Gasteiger partial charge in [-0.1, -0.05) is 51.1 Å². The zero-order valence-corrected chi connectivity index (χ0v) is 14.9. The number of fused-ring (bicyclic) bond motifs is 1. The molecule has 6 heteroatoms. The van der Waals surface area contributed by atoms with Crippen molar-refractivity contribution >= 4 is 11.6 Å². The van der Waals surface area contributed by atoms with Gasteiger partial charge >= 0.3 is 0 Å². The topological polar surface area (TPSA) is 68.5 Å². The molecule has 1 N–H and O–H groups in total. The molecule has 0 bridgehead atoms. The molecule has 0 radical (unpaired) electrons. The van der Waals surface area contributed by atoms with E-state index in [0.717, 1.165) is 17.0 Å². The number of carbonyl (C=O) groups excluding carboxylic acids is 1. The molecule has 0 spiro atoms. The van der Waals surface area contributed by atoms with E-state index in [1.807, 2.05) is 43.3 Å². The Morgan fingerprint density at radius 3 is 2.56 bits per heavy atom. The maximum atomic E-state index is 12.5. The number of hydroxylamine groups is 1. The van der Waals surface area contributed by atoms with E-state index in [0.29, 0.717) is 17.9 Å². The van der Waals surface area contributed by atoms with Gasteiger partial charge in [-0.3, -0.25) is 9.63 Å². The summed E-state index contributed by atoms with van der Waals surface area (Å²) in [7, 11) is 0. The lowest BCUT2D eigenvalue weighted by Gasteiger charge is -2.13. The van der Waals surface area contributed by atoms with Gasteiger partial charge < -0.3 is 0 Å². The maximum absolute atomic E-state index is 12.5. The Hall–Kier alpha value is -2.73. The Morgan fingerprint density at radius 1 is 1.20 bits per heavy atom. The van der Waals surface area contributed by atoms with Crippen LogP contribution in [-0.2, 0) is 10.3 Å². The number of amides is 1. The lowest BCUT2D eigenvalue weighted by atomic mass is 9.93. The number of nitrogens with zero attached hydrogens (tertiary/aromatic N) is 3. The summed E-state index contributed by atoms with van der Waals surface area (Å²) >= 11 is 0. The molecule has 2 aromatic heterocycles. The van der Waals surface area contributed by atoms with Crippen molar-refractivity contribution < 1.29 is 9.63 Å². The van der Waals surface area contributed by atoms with Crippen LogP contribution in [0.15, 0.2) is 42.5 Å². The molecule has 1 amide bonds. The zero-order valence-electron chi connectivity index (χ0n) is 14.9. The van der Waals surface area contributed by atoms with E-state index in [1.165, 1.54) is 0 Å². The molecule has 130 valence electrons. The SMILES string of the molecule is CCONC(=O)c1cc(-c2ccccc2)nc2cc(C(C)(C)C)nn12. The largest absolute Gasteiger partial charge is 0.293 e. The average Bonchev–Trinajstić information content (AvgIpc) is 3.04. The molecule has 0 fully saturated rings. The number of rotatable bonds is 4. The van der Waals surface area contributed by atoms with Crippen molar-refractivity contribution in [1.82, 2.24) is 20.1 Å². The third kappa shape index (κ3) is 3.53. The van der Waals surface area contributed by atoms with Gasteiger partial charge in [-0.2, -0.15) is 5.10 Å². The molecule has 6 nitrogen and oxygen atoms in total. The minimum Gasteiger partial charge on any atom is -0.274 e. The summed E-state index contributed by atoms with van der Waals surface area (Å²) in [6, 6.07) is 13.4. The first-order valence-corrected chi connectivity index (χ1v) is 8.29. The van der Waals surface area contributed by atoms with Crippen molar-refractivity contribution in [2.45, 2.75) is 33.1 Å². The predicted octanol–water partition coefficient (Wildman–Crippen LogP) is 3.38. The molecular formula is C19H22N4O2. The molecule has 0 atom stereocenters. The Bertz CT molecular complexity index is 895. The van der Waals surface area contributed by atoms with Crippen LogP contribution in [0.3, 0.4) is 0 Å². The first-order valence-electron chi connectivity index (χ1n) is 8.29. The molecule has 0 aliphatic rings. The highest BCUT2D eigenvalue weighted by molar-refractivity contribution is 5.93. The fourth-order valence-electron chi connectivity index (χ4n) is 2.45. The van der Waals surface area contributed by atoms with E-state index in [9.17, 15) is 4.79 Å². The number of carbonyl (C=O) groups is 1. The van der Waals surface area contributed by atoms with Crippen molar-refractivity contribution in [3.8, 4) is 11.3 Å². The first kappa shape index (κ1) is 17.1. The highest BCUT2D eigenvalue weighted by Gasteiger charge is 2.22. The maximum Gasteiger partial charge on any atom is 0.293 e. The summed E-state index contributed by atoms with van der Waals surface area (Å²) in [6.07, 6.45) is 0. The molecule has 0 aliphatic heterocycles. The van der Waals surface area contributed by atoms with Crippen LogP contribution < -0.4 is 5.48 Å². The van der Waals surface area contributed by atoms with E-state index in [4.69, 9.17) is 4.84 Å². The Morgan fingerprint density at radius 2 is 1.92 bits per heavy atom. The van der Waals surface area contributed by atoms with Crippen LogP contribution in [0.25, 0.3) is 16.9 Å². The van der Waals surface area contributed by atoms with Crippen LogP contribution in [0, 0.1) is 0 Å². The van der Waals surface area contributed by atoms with Crippen LogP contribution in [0.4, 0.5) is 0 Å². The number of aromatic nitrogens is 3. The molecule has 0 saturated heterocycles. The van der Waals surface area contributed by atoms with E-state index in [2.05, 4.69) is 36.3 Å². The van der Waals surface area contributed by atoms with E-state index in [-0.39, 0.29) is 11.3 Å². The zero-order chi connectivity index (χ0) is 18.0. The second kappa shape index (κ2) is 6.64. The lowest BCUT2D eigenvalue weighted by Crippen LogP contribution is -2.26. The molecule has 0 saturated carbocycles. The summed E-state index contributed by atoms with van der Waals surface area (Å²) < 4.78 is 1.57. The van der Waals surface area contributed by atoms with Gasteiger partial charge in [-0.15, -0.1) is 0 Å². The van der Waals surface area contributed by atoms with Crippen molar-refractivity contribution in [2.24, 2.45) is 0 Å². The van der Waals surface area contributed by atoms with Gasteiger partial charge in [0, 0.05) is 17.0 Å². The number of benzene rings is 1. The monoisotopic (exact) mass is 338 g/mol. The lowest BCUT2D eigenvalue weighted by molar-refractivity contribution is 0.0357. The number of hydrogen-bond acceptors (Lipinski definition) is 4. The van der Waals surface area contributed by atoms with Crippen LogP contribution in [-0.4, -0.2) is 27.1 Å². The second-order valence-electron chi connectivity index (χ2n) is 6.81. The minimum atomic E-state index is -0.352. The fourth-order valence-corrected chi connectivity index (χ4v) is 2.45. The molecule has 0 aliphatic carbocycles. The van der Waals surface area contributed by atoms with Gasteiger partial charge in [0.05, 0.1) is 18.0 Å². The molecule has 2 heterocycles. The summed E-state index contributed by atoms with van der Waals surface area (Å²) in [5.74, 6) is -0.352. The van der Waals surface area contributed by atoms with Crippen LogP contribution in [0.2, 0.25) is 0 Å². The summed E-state index contributed by atoms with van der Waals surface area (Å²) in [5.41, 5.74) is 5.84. The number of nitrogens with one attached hydrogen (secondary N) is 1. The van der Waals surface area contributed by atoms with E-state index in [1.54, 1.807) is 10.6 Å². The third-order valence-electron chi connectivity index (χ3n) is 3.81. The Kier molecular flexibility index (Phi) is 4.55. The third-order valence-corrected chi connectivity index (χ3v) is 3.81. The highest BCUT2D eigenvalue weighted by atomic mass is 16.6. The van der Waals surface area contributed by atoms with Crippen LogP contribution >= 0.6 is 0 Å². The summed E-state index contributed by atoms with van der Waals surface area (Å²) in [6.45, 7) is 8.42. The van der Waals surface area contributed by atoms with Crippen molar-refractivity contribution in [2.75, 3.05) is 6.61 Å². The average molecular weight is 338 g/mol. The standard InChI is InChI=1S/C19H22N4O2/c1-5-25-22-18(24)15-11-14(13-9-7-6-8-10-13)20-17-12-16(19(2,3)4)21-23(15)17/h6-12H,5H2,1-4H3,(H,22,24). The van der Waals surface area contributed by atoms with E-state index >= 15 is 0 Å². The van der Waals surface area contributed by atoms with Crippen LogP contribution in [0.1, 0.15) is 43.9 Å². The van der Waals surface area contributed by atoms with Crippen molar-refractivity contribution in [3.63, 3.8) is 0 Å². The first-order chi connectivity index (χ1) is 11.9. The molecule has 0 unspecified atom stereocenters. The van der Waals surface area contributed by atoms with Gasteiger partial charge in [0.1, 0.15) is 5.69 Å². The van der Waals surface area contributed by atoms with E-state index < -0.39 is 0 Å². The molecule has 1 aromatic carbocycles. The van der Waals surface area contributed by atoms with Gasteiger partial charge in [-0.25, -0.2) is 15.0 Å². The fraction of sp³-hybridized carbons (Fsp3) is 0.316. The quantitative estimate of drug-likeness (QED) is 0.741. The molecule has 25 heavy (non-hydrogen) atoms. The number of hydrogen-bond donors (Lipinski definition) is 1. The normalized spacial score (nSPS) is 11.7. The second-order valence-corrected chi connectivity index (χ2v) is 6.81. The molecular weight excluding hydrogens is 316 g/mol. The minimum absolute atomic E-state index is 0.145. The van der Waals surface area contributed by atoms with Gasteiger partial charge in [-0.05, 0) is 13.0 Å². The van der Waals surface area contributed by atoms with Gasteiger partial charge in [0.25, 0.3) is 5.91 Å². The van der Waals surface area contributed by atoms with Crippen LogP contribution in [0.5, 0.6) is 0 Å². The Balaban J connectivity index is 2.18. The molecule has 3 aromatic rings. The smallest absolute Gasteiger partial charge is 0.274 e. The van der Waals surface area contributed by atoms with Gasteiger partial charge in [0.2, 0.25) is 0 Å². The summed E-state index contributed by atoms with van der Waals surface area (Å²) in [5, 5.41) is 4.59. The van der Waals surface area contributed by atoms with Crippen molar-refractivity contribution in [1.29, 1.82) is 0 Å². The predicted molar refractivity (Wildman–Crippen MR) is 96.2 cm³/mol. The molecule has 3 rings (SSSR count). The summed E-state index contributed by atoms with van der Waals surface area (Å²) in [4.78, 5) is 22.3. The van der Waals surface area contributed by atoms with Gasteiger partial charge in [0.15, 0.2) is 5.65 Å². The Labute approximate surface area is 146 Å². The highest BCUT2D eigenvalue weighted by Crippen LogP contribution is 2.25.